The largest absolute Gasteiger partial charge is 0.495 e. The van der Waals surface area contributed by atoms with E-state index in [0.717, 1.165) is 24.6 Å². The van der Waals surface area contributed by atoms with E-state index in [9.17, 15) is 0 Å². The van der Waals surface area contributed by atoms with E-state index in [1.54, 1.807) is 7.11 Å². The van der Waals surface area contributed by atoms with Gasteiger partial charge in [0.1, 0.15) is 11.5 Å². The number of benzene rings is 2. The number of ether oxygens (including phenoxy) is 2. The molecule has 0 heterocycles. The van der Waals surface area contributed by atoms with E-state index in [1.807, 2.05) is 30.3 Å². The lowest BCUT2D eigenvalue weighted by Gasteiger charge is -2.11. The number of halogens is 1. The summed E-state index contributed by atoms with van der Waals surface area (Å²) in [6, 6.07) is 13.8. The van der Waals surface area contributed by atoms with Crippen molar-refractivity contribution < 1.29 is 9.47 Å². The molecular weight excluding hydrogens is 298 g/mol. The fourth-order valence-electron chi connectivity index (χ4n) is 1.95. The van der Waals surface area contributed by atoms with Gasteiger partial charge in [0.2, 0.25) is 0 Å². The lowest BCUT2D eigenvalue weighted by atomic mass is 10.2. The molecule has 0 spiro atoms. The highest BCUT2D eigenvalue weighted by Crippen LogP contribution is 2.27. The monoisotopic (exact) mass is 319 g/mol. The molecule has 0 unspecified atom stereocenters. The zero-order chi connectivity index (χ0) is 15.9. The van der Waals surface area contributed by atoms with E-state index in [-0.39, 0.29) is 0 Å². The number of methoxy groups -OCH3 is 1. The van der Waals surface area contributed by atoms with E-state index in [0.29, 0.717) is 16.7 Å². The van der Waals surface area contributed by atoms with Crippen molar-refractivity contribution in [3.63, 3.8) is 0 Å². The summed E-state index contributed by atoms with van der Waals surface area (Å²) in [6.07, 6.45) is 0. The van der Waals surface area contributed by atoms with E-state index >= 15 is 0 Å². The molecular formula is C18H22ClNO2. The molecule has 0 bridgehead atoms. The molecule has 0 aromatic heterocycles. The molecule has 2 aromatic rings. The molecule has 4 heteroatoms. The molecule has 3 nitrogen and oxygen atoms in total. The summed E-state index contributed by atoms with van der Waals surface area (Å²) in [6.45, 7) is 5.74. The highest BCUT2D eigenvalue weighted by Gasteiger charge is 2.02. The third-order valence-corrected chi connectivity index (χ3v) is 3.45. The Bertz CT molecular complexity index is 597. The molecule has 2 aromatic carbocycles. The Labute approximate surface area is 137 Å². The summed E-state index contributed by atoms with van der Waals surface area (Å²) >= 11 is 6.11. The van der Waals surface area contributed by atoms with Gasteiger partial charge < -0.3 is 14.8 Å². The van der Waals surface area contributed by atoms with E-state index in [2.05, 4.69) is 31.3 Å². The summed E-state index contributed by atoms with van der Waals surface area (Å²) in [5.41, 5.74) is 2.15. The van der Waals surface area contributed by atoms with Crippen LogP contribution in [0.4, 0.5) is 5.69 Å². The fourth-order valence-corrected chi connectivity index (χ4v) is 2.20. The summed E-state index contributed by atoms with van der Waals surface area (Å²) < 4.78 is 10.8. The van der Waals surface area contributed by atoms with Crippen molar-refractivity contribution in [2.24, 2.45) is 5.92 Å². The number of anilines is 1. The summed E-state index contributed by atoms with van der Waals surface area (Å²) in [4.78, 5) is 0. The molecule has 0 aliphatic carbocycles. The van der Waals surface area contributed by atoms with Gasteiger partial charge in [-0.05, 0) is 41.8 Å². The standard InChI is InChI=1S/C18H22ClNO2/c1-13(2)12-22-16-7-4-14(5-8-16)11-20-15-6-9-18(21-3)17(19)10-15/h4-10,13,20H,11-12H2,1-3H3. The van der Waals surface area contributed by atoms with Gasteiger partial charge in [-0.15, -0.1) is 0 Å². The maximum Gasteiger partial charge on any atom is 0.137 e. The highest BCUT2D eigenvalue weighted by molar-refractivity contribution is 6.32. The van der Waals surface area contributed by atoms with Crippen molar-refractivity contribution in [2.75, 3.05) is 19.0 Å². The molecule has 118 valence electrons. The van der Waals surface area contributed by atoms with Gasteiger partial charge in [0.15, 0.2) is 0 Å². The first kappa shape index (κ1) is 16.5. The number of hydrogen-bond acceptors (Lipinski definition) is 3. The minimum atomic E-state index is 0.529. The van der Waals surface area contributed by atoms with Crippen molar-refractivity contribution in [3.8, 4) is 11.5 Å². The van der Waals surface area contributed by atoms with Crippen LogP contribution >= 0.6 is 11.6 Å². The first-order valence-corrected chi connectivity index (χ1v) is 7.75. The van der Waals surface area contributed by atoms with Gasteiger partial charge in [-0.1, -0.05) is 37.6 Å². The van der Waals surface area contributed by atoms with Gasteiger partial charge >= 0.3 is 0 Å². The first-order chi connectivity index (χ1) is 10.6. The third kappa shape index (κ3) is 4.85. The van der Waals surface area contributed by atoms with Crippen LogP contribution in [0.3, 0.4) is 0 Å². The van der Waals surface area contributed by atoms with Crippen molar-refractivity contribution in [1.82, 2.24) is 0 Å². The van der Waals surface area contributed by atoms with Crippen LogP contribution in [0.5, 0.6) is 11.5 Å². The second-order valence-electron chi connectivity index (χ2n) is 5.55. The zero-order valence-electron chi connectivity index (χ0n) is 13.2. The summed E-state index contributed by atoms with van der Waals surface area (Å²) in [7, 11) is 1.61. The fraction of sp³-hybridized carbons (Fsp3) is 0.333. The van der Waals surface area contributed by atoms with Crippen molar-refractivity contribution in [3.05, 3.63) is 53.1 Å². The Morgan fingerprint density at radius 3 is 2.41 bits per heavy atom. The van der Waals surface area contributed by atoms with Gasteiger partial charge in [0.05, 0.1) is 18.7 Å². The molecule has 0 saturated carbocycles. The Balaban J connectivity index is 1.90. The smallest absolute Gasteiger partial charge is 0.137 e. The Morgan fingerprint density at radius 1 is 1.09 bits per heavy atom. The normalized spacial score (nSPS) is 10.6. The van der Waals surface area contributed by atoms with Crippen LogP contribution in [0, 0.1) is 5.92 Å². The van der Waals surface area contributed by atoms with E-state index in [1.165, 1.54) is 5.56 Å². The molecule has 0 aliphatic rings. The zero-order valence-corrected chi connectivity index (χ0v) is 14.0. The van der Waals surface area contributed by atoms with Crippen LogP contribution in [-0.4, -0.2) is 13.7 Å². The second-order valence-corrected chi connectivity index (χ2v) is 5.96. The first-order valence-electron chi connectivity index (χ1n) is 7.37. The maximum atomic E-state index is 6.11. The average molecular weight is 320 g/mol. The topological polar surface area (TPSA) is 30.5 Å². The van der Waals surface area contributed by atoms with Crippen molar-refractivity contribution in [1.29, 1.82) is 0 Å². The number of nitrogens with one attached hydrogen (secondary N) is 1. The molecule has 0 radical (unpaired) electrons. The van der Waals surface area contributed by atoms with E-state index in [4.69, 9.17) is 21.1 Å². The van der Waals surface area contributed by atoms with E-state index < -0.39 is 0 Å². The Kier molecular flexibility index (Phi) is 5.96. The molecule has 0 aliphatic heterocycles. The molecule has 1 N–H and O–H groups in total. The van der Waals surface area contributed by atoms with Crippen LogP contribution in [0.25, 0.3) is 0 Å². The molecule has 2 rings (SSSR count). The summed E-state index contributed by atoms with van der Waals surface area (Å²) in [5.74, 6) is 2.12. The quantitative estimate of drug-likeness (QED) is 0.779. The lowest BCUT2D eigenvalue weighted by molar-refractivity contribution is 0.271. The minimum Gasteiger partial charge on any atom is -0.495 e. The predicted molar refractivity (Wildman–Crippen MR) is 92.1 cm³/mol. The maximum absolute atomic E-state index is 6.11. The predicted octanol–water partition coefficient (Wildman–Crippen LogP) is 5.00. The average Bonchev–Trinajstić information content (AvgIpc) is 2.52. The van der Waals surface area contributed by atoms with Gasteiger partial charge in [-0.25, -0.2) is 0 Å². The van der Waals surface area contributed by atoms with Crippen molar-refractivity contribution >= 4 is 17.3 Å². The Hall–Kier alpha value is -1.87. The molecule has 0 fully saturated rings. The molecule has 22 heavy (non-hydrogen) atoms. The van der Waals surface area contributed by atoms with Crippen molar-refractivity contribution in [2.45, 2.75) is 20.4 Å². The second kappa shape index (κ2) is 7.95. The van der Waals surface area contributed by atoms with Crippen LogP contribution in [-0.2, 0) is 6.54 Å². The Morgan fingerprint density at radius 2 is 1.82 bits per heavy atom. The van der Waals surface area contributed by atoms with Gasteiger partial charge in [-0.2, -0.15) is 0 Å². The summed E-state index contributed by atoms with van der Waals surface area (Å²) in [5, 5.41) is 3.94. The number of hydrogen-bond donors (Lipinski definition) is 1. The van der Waals surface area contributed by atoms with Gasteiger partial charge in [0.25, 0.3) is 0 Å². The molecule has 0 atom stereocenters. The molecule has 0 amide bonds. The minimum absolute atomic E-state index is 0.529. The van der Waals surface area contributed by atoms with Gasteiger partial charge in [-0.3, -0.25) is 0 Å². The highest BCUT2D eigenvalue weighted by atomic mass is 35.5. The third-order valence-electron chi connectivity index (χ3n) is 3.16. The van der Waals surface area contributed by atoms with Crippen LogP contribution in [0.1, 0.15) is 19.4 Å². The van der Waals surface area contributed by atoms with Gasteiger partial charge in [0, 0.05) is 12.2 Å². The van der Waals surface area contributed by atoms with Crippen LogP contribution < -0.4 is 14.8 Å². The lowest BCUT2D eigenvalue weighted by Crippen LogP contribution is -2.04. The van der Waals surface area contributed by atoms with Crippen LogP contribution in [0.2, 0.25) is 5.02 Å². The van der Waals surface area contributed by atoms with Crippen LogP contribution in [0.15, 0.2) is 42.5 Å². The number of rotatable bonds is 7. The SMILES string of the molecule is COc1ccc(NCc2ccc(OCC(C)C)cc2)cc1Cl. The molecule has 0 saturated heterocycles.